The smallest absolute Gasteiger partial charge is 0.289 e. The molecule has 1 aliphatic rings. The van der Waals surface area contributed by atoms with Crippen molar-refractivity contribution in [1.29, 1.82) is 0 Å². The van der Waals surface area contributed by atoms with Crippen molar-refractivity contribution in [1.82, 2.24) is 4.90 Å². The fraction of sp³-hybridized carbons (Fsp3) is 0.450. The molecule has 2 aromatic rings. The van der Waals surface area contributed by atoms with Gasteiger partial charge in [-0.15, -0.1) is 0 Å². The number of carbonyl (C=O) groups excluding carboxylic acids is 1. The molecule has 0 unspecified atom stereocenters. The van der Waals surface area contributed by atoms with Gasteiger partial charge in [-0.2, -0.15) is 0 Å². The van der Waals surface area contributed by atoms with Crippen LogP contribution in [0.25, 0.3) is 0 Å². The highest BCUT2D eigenvalue weighted by Crippen LogP contribution is 2.24. The van der Waals surface area contributed by atoms with Gasteiger partial charge >= 0.3 is 0 Å². The van der Waals surface area contributed by atoms with Crippen LogP contribution in [0.2, 0.25) is 0 Å². The number of carbonyl (C=O) groups is 1. The zero-order chi connectivity index (χ0) is 16.8. The van der Waals surface area contributed by atoms with Crippen molar-refractivity contribution in [3.05, 3.63) is 59.5 Å². The predicted octanol–water partition coefficient (Wildman–Crippen LogP) is 3.91. The molecule has 0 radical (unpaired) electrons. The van der Waals surface area contributed by atoms with Crippen molar-refractivity contribution in [2.45, 2.75) is 32.3 Å². The van der Waals surface area contributed by atoms with E-state index in [1.807, 2.05) is 11.0 Å². The maximum absolute atomic E-state index is 12.5. The lowest BCUT2D eigenvalue weighted by Crippen LogP contribution is -2.38. The fourth-order valence-electron chi connectivity index (χ4n) is 3.31. The molecule has 3 rings (SSSR count). The average molecular weight is 327 g/mol. The van der Waals surface area contributed by atoms with E-state index in [0.29, 0.717) is 24.0 Å². The number of methoxy groups -OCH3 is 1. The largest absolute Gasteiger partial charge is 0.453 e. The van der Waals surface area contributed by atoms with E-state index in [4.69, 9.17) is 9.15 Å². The molecule has 1 aliphatic heterocycles. The van der Waals surface area contributed by atoms with Crippen LogP contribution in [0.4, 0.5) is 0 Å². The number of ether oxygens (including phenoxy) is 1. The van der Waals surface area contributed by atoms with Crippen LogP contribution in [0.1, 0.15) is 41.1 Å². The Morgan fingerprint density at radius 1 is 1.17 bits per heavy atom. The molecule has 128 valence electrons. The second-order valence-corrected chi connectivity index (χ2v) is 6.46. The minimum atomic E-state index is -0.00105. The maximum Gasteiger partial charge on any atom is 0.289 e. The molecule has 4 heteroatoms. The summed E-state index contributed by atoms with van der Waals surface area (Å²) in [5, 5.41) is 0. The van der Waals surface area contributed by atoms with Crippen molar-refractivity contribution in [2.75, 3.05) is 20.2 Å². The van der Waals surface area contributed by atoms with Gasteiger partial charge < -0.3 is 14.1 Å². The Bertz CT molecular complexity index is 642. The van der Waals surface area contributed by atoms with Crippen LogP contribution < -0.4 is 0 Å². The molecule has 0 bridgehead atoms. The SMILES string of the molecule is COCc1ccc(C(=O)N2CCC(CCc3ccccc3)CC2)o1. The highest BCUT2D eigenvalue weighted by atomic mass is 16.5. The Balaban J connectivity index is 1.46. The van der Waals surface area contributed by atoms with E-state index in [9.17, 15) is 4.79 Å². The van der Waals surface area contributed by atoms with Gasteiger partial charge in [0.2, 0.25) is 0 Å². The molecular formula is C20H25NO3. The quantitative estimate of drug-likeness (QED) is 0.808. The molecule has 0 saturated carbocycles. The van der Waals surface area contributed by atoms with Gasteiger partial charge in [-0.3, -0.25) is 4.79 Å². The summed E-state index contributed by atoms with van der Waals surface area (Å²) in [5.74, 6) is 1.82. The third-order valence-corrected chi connectivity index (χ3v) is 4.74. The number of furan rings is 1. The molecule has 1 saturated heterocycles. The van der Waals surface area contributed by atoms with Crippen molar-refractivity contribution in [3.63, 3.8) is 0 Å². The van der Waals surface area contributed by atoms with Crippen LogP contribution >= 0.6 is 0 Å². The average Bonchev–Trinajstić information content (AvgIpc) is 3.10. The molecule has 1 aromatic heterocycles. The van der Waals surface area contributed by atoms with Gasteiger partial charge in [0, 0.05) is 20.2 Å². The lowest BCUT2D eigenvalue weighted by molar-refractivity contribution is 0.0648. The normalized spacial score (nSPS) is 15.6. The third kappa shape index (κ3) is 4.26. The lowest BCUT2D eigenvalue weighted by Gasteiger charge is -2.31. The molecule has 1 amide bonds. The molecule has 1 aromatic carbocycles. The zero-order valence-electron chi connectivity index (χ0n) is 14.2. The first-order valence-electron chi connectivity index (χ1n) is 8.67. The second-order valence-electron chi connectivity index (χ2n) is 6.46. The molecule has 24 heavy (non-hydrogen) atoms. The predicted molar refractivity (Wildman–Crippen MR) is 92.8 cm³/mol. The van der Waals surface area contributed by atoms with E-state index in [1.54, 1.807) is 13.2 Å². The fourth-order valence-corrected chi connectivity index (χ4v) is 3.31. The molecule has 0 aliphatic carbocycles. The summed E-state index contributed by atoms with van der Waals surface area (Å²) in [4.78, 5) is 14.4. The number of aryl methyl sites for hydroxylation is 1. The van der Waals surface area contributed by atoms with Crippen molar-refractivity contribution < 1.29 is 13.9 Å². The lowest BCUT2D eigenvalue weighted by atomic mass is 9.90. The first-order chi connectivity index (χ1) is 11.8. The number of hydrogen-bond donors (Lipinski definition) is 0. The molecule has 1 fully saturated rings. The third-order valence-electron chi connectivity index (χ3n) is 4.74. The Morgan fingerprint density at radius 3 is 2.62 bits per heavy atom. The van der Waals surface area contributed by atoms with E-state index in [2.05, 4.69) is 30.3 Å². The molecule has 4 nitrogen and oxygen atoms in total. The number of piperidine rings is 1. The van der Waals surface area contributed by atoms with Gasteiger partial charge in [0.25, 0.3) is 5.91 Å². The van der Waals surface area contributed by atoms with Gasteiger partial charge in [0.1, 0.15) is 12.4 Å². The monoisotopic (exact) mass is 327 g/mol. The Labute approximate surface area is 143 Å². The second kappa shape index (κ2) is 8.15. The molecule has 0 N–H and O–H groups in total. The van der Waals surface area contributed by atoms with E-state index in [-0.39, 0.29) is 5.91 Å². The van der Waals surface area contributed by atoms with Gasteiger partial charge in [-0.05, 0) is 49.3 Å². The van der Waals surface area contributed by atoms with E-state index in [1.165, 1.54) is 12.0 Å². The number of benzene rings is 1. The maximum atomic E-state index is 12.5. The van der Waals surface area contributed by atoms with Gasteiger partial charge in [0.15, 0.2) is 5.76 Å². The van der Waals surface area contributed by atoms with Crippen LogP contribution in [0, 0.1) is 5.92 Å². The van der Waals surface area contributed by atoms with Crippen molar-refractivity contribution >= 4 is 5.91 Å². The zero-order valence-corrected chi connectivity index (χ0v) is 14.2. The molecule has 0 spiro atoms. The van der Waals surface area contributed by atoms with Crippen LogP contribution in [-0.4, -0.2) is 31.0 Å². The van der Waals surface area contributed by atoms with Crippen LogP contribution in [0.3, 0.4) is 0 Å². The molecule has 0 atom stereocenters. The van der Waals surface area contributed by atoms with Crippen molar-refractivity contribution in [2.24, 2.45) is 5.92 Å². The van der Waals surface area contributed by atoms with Gasteiger partial charge in [0.05, 0.1) is 0 Å². The topological polar surface area (TPSA) is 42.7 Å². The van der Waals surface area contributed by atoms with Gasteiger partial charge in [-0.1, -0.05) is 30.3 Å². The first-order valence-corrected chi connectivity index (χ1v) is 8.67. The van der Waals surface area contributed by atoms with Crippen LogP contribution in [0.15, 0.2) is 46.9 Å². The van der Waals surface area contributed by atoms with Crippen LogP contribution in [0.5, 0.6) is 0 Å². The first kappa shape index (κ1) is 16.8. The number of nitrogens with zero attached hydrogens (tertiary/aromatic N) is 1. The minimum Gasteiger partial charge on any atom is -0.453 e. The highest BCUT2D eigenvalue weighted by Gasteiger charge is 2.25. The van der Waals surface area contributed by atoms with Crippen LogP contribution in [-0.2, 0) is 17.8 Å². The summed E-state index contributed by atoms with van der Waals surface area (Å²) in [6.07, 6.45) is 4.47. The number of likely N-dealkylation sites (tertiary alicyclic amines) is 1. The highest BCUT2D eigenvalue weighted by molar-refractivity contribution is 5.91. The summed E-state index contributed by atoms with van der Waals surface area (Å²) in [7, 11) is 1.62. The molecular weight excluding hydrogens is 302 g/mol. The summed E-state index contributed by atoms with van der Waals surface area (Å²) in [6.45, 7) is 2.03. The Morgan fingerprint density at radius 2 is 1.92 bits per heavy atom. The van der Waals surface area contributed by atoms with Crippen molar-refractivity contribution in [3.8, 4) is 0 Å². The number of hydrogen-bond acceptors (Lipinski definition) is 3. The summed E-state index contributed by atoms with van der Waals surface area (Å²) < 4.78 is 10.6. The summed E-state index contributed by atoms with van der Waals surface area (Å²) in [6, 6.07) is 14.2. The van der Waals surface area contributed by atoms with E-state index < -0.39 is 0 Å². The summed E-state index contributed by atoms with van der Waals surface area (Å²) in [5.41, 5.74) is 1.40. The Kier molecular flexibility index (Phi) is 5.70. The van der Waals surface area contributed by atoms with E-state index in [0.717, 1.165) is 32.4 Å². The number of rotatable bonds is 6. The van der Waals surface area contributed by atoms with Gasteiger partial charge in [-0.25, -0.2) is 0 Å². The molecule has 2 heterocycles. The summed E-state index contributed by atoms with van der Waals surface area (Å²) >= 11 is 0. The Hall–Kier alpha value is -2.07. The minimum absolute atomic E-state index is 0.00105. The number of amides is 1. The standard InChI is InChI=1S/C20H25NO3/c1-23-15-18-9-10-19(24-18)20(22)21-13-11-17(12-14-21)8-7-16-5-3-2-4-6-16/h2-6,9-10,17H,7-8,11-15H2,1H3. The van der Waals surface area contributed by atoms with E-state index >= 15 is 0 Å².